The van der Waals surface area contributed by atoms with Crippen molar-refractivity contribution in [2.24, 2.45) is 0 Å². The van der Waals surface area contributed by atoms with Crippen molar-refractivity contribution >= 4 is 28.6 Å². The van der Waals surface area contributed by atoms with Gasteiger partial charge in [0.2, 0.25) is 0 Å². The van der Waals surface area contributed by atoms with E-state index in [9.17, 15) is 9.59 Å². The minimum absolute atomic E-state index is 0.0723. The Labute approximate surface area is 380 Å². The van der Waals surface area contributed by atoms with E-state index in [2.05, 4.69) is 41.5 Å². The zero-order valence-corrected chi connectivity index (χ0v) is 44.2. The van der Waals surface area contributed by atoms with Gasteiger partial charge in [-0.15, -0.1) is 0 Å². The second-order valence-electron chi connectivity index (χ2n) is 19.6. The van der Waals surface area contributed by atoms with Crippen LogP contribution in [0.1, 0.15) is 298 Å². The van der Waals surface area contributed by atoms with Crippen molar-refractivity contribution in [3.8, 4) is 0 Å². The molecule has 0 amide bonds. The predicted octanol–water partition coefficient (Wildman–Crippen LogP) is 19.7. The highest BCUT2D eigenvalue weighted by atomic mass is 28.4. The highest BCUT2D eigenvalue weighted by Gasteiger charge is 2.44. The SMILES string of the molecule is CCCCCCCCCCCCCCCCCC(=O)O[Si](CCCC)(CCCC)CC[Si](CCCC)(CCCC)OC(=O)CCCCCCCCCCCCCCCCC. The standard InChI is InChI=1S/C54H110O4Si2/c1-7-13-19-21-23-25-27-29-31-33-35-37-39-41-43-45-53(55)57-59(47-15-9-3,48-16-10-4)51-52-60(49-17-11-5,50-18-12-6)58-54(56)46-44-42-40-38-36-34-32-30-28-26-24-22-20-14-8-2/h7-52H2,1-6H3. The number of carbonyl (C=O) groups excluding carboxylic acids is 2. The summed E-state index contributed by atoms with van der Waals surface area (Å²) < 4.78 is 13.6. The van der Waals surface area contributed by atoms with E-state index >= 15 is 0 Å². The molecule has 0 radical (unpaired) electrons. The quantitative estimate of drug-likeness (QED) is 0.0451. The van der Waals surface area contributed by atoms with E-state index in [1.807, 2.05) is 0 Å². The Kier molecular flexibility index (Phi) is 44.5. The molecule has 60 heavy (non-hydrogen) atoms. The molecule has 0 N–H and O–H groups in total. The van der Waals surface area contributed by atoms with Crippen LogP contribution in [-0.4, -0.2) is 28.6 Å². The molecule has 0 aliphatic carbocycles. The summed E-state index contributed by atoms with van der Waals surface area (Å²) in [4.78, 5) is 27.2. The lowest BCUT2D eigenvalue weighted by Crippen LogP contribution is -2.46. The first-order chi connectivity index (χ1) is 29.4. The van der Waals surface area contributed by atoms with Gasteiger partial charge in [-0.2, -0.15) is 0 Å². The lowest BCUT2D eigenvalue weighted by Gasteiger charge is -2.37. The van der Waals surface area contributed by atoms with Crippen LogP contribution in [0.5, 0.6) is 0 Å². The van der Waals surface area contributed by atoms with Crippen LogP contribution >= 0.6 is 0 Å². The Morgan fingerprint density at radius 1 is 0.250 bits per heavy atom. The van der Waals surface area contributed by atoms with Gasteiger partial charge in [-0.05, 0) is 49.1 Å². The van der Waals surface area contributed by atoms with Crippen LogP contribution in [0.4, 0.5) is 0 Å². The Morgan fingerprint density at radius 2 is 0.433 bits per heavy atom. The molecule has 0 aromatic carbocycles. The van der Waals surface area contributed by atoms with Crippen LogP contribution in [0.15, 0.2) is 0 Å². The second kappa shape index (κ2) is 45.0. The normalized spacial score (nSPS) is 12.0. The molecule has 6 heteroatoms. The molecule has 358 valence electrons. The van der Waals surface area contributed by atoms with Crippen LogP contribution in [0.3, 0.4) is 0 Å². The molecular formula is C54H110O4Si2. The van der Waals surface area contributed by atoms with Gasteiger partial charge in [0.15, 0.2) is 0 Å². The molecule has 0 aromatic rings. The van der Waals surface area contributed by atoms with Gasteiger partial charge in [0.1, 0.15) is 0 Å². The molecule has 0 aliphatic heterocycles. The highest BCUT2D eigenvalue weighted by molar-refractivity contribution is 6.80. The van der Waals surface area contributed by atoms with E-state index in [4.69, 9.17) is 8.85 Å². The summed E-state index contributed by atoms with van der Waals surface area (Å²) in [5.41, 5.74) is 0. The fraction of sp³-hybridized carbons (Fsp3) is 0.963. The summed E-state index contributed by atoms with van der Waals surface area (Å²) in [5, 5.41) is 0. The maximum Gasteiger partial charge on any atom is 0.292 e. The summed E-state index contributed by atoms with van der Waals surface area (Å²) in [5.74, 6) is 0.145. The van der Waals surface area contributed by atoms with Crippen LogP contribution in [-0.2, 0) is 18.4 Å². The molecule has 0 rings (SSSR count). The molecule has 0 unspecified atom stereocenters. The van der Waals surface area contributed by atoms with Gasteiger partial charge in [0, 0.05) is 12.8 Å². The first-order valence-electron chi connectivity index (χ1n) is 27.8. The van der Waals surface area contributed by atoms with Crippen LogP contribution in [0, 0.1) is 0 Å². The minimum Gasteiger partial charge on any atom is -0.519 e. The fourth-order valence-corrected chi connectivity index (χ4v) is 20.3. The van der Waals surface area contributed by atoms with Crippen molar-refractivity contribution in [1.29, 1.82) is 0 Å². The van der Waals surface area contributed by atoms with Crippen LogP contribution < -0.4 is 0 Å². The first kappa shape index (κ1) is 59.4. The van der Waals surface area contributed by atoms with Gasteiger partial charge in [-0.3, -0.25) is 9.59 Å². The first-order valence-corrected chi connectivity index (χ1v) is 32.9. The molecule has 4 nitrogen and oxygen atoms in total. The number of hydrogen-bond acceptors (Lipinski definition) is 4. The summed E-state index contributed by atoms with van der Waals surface area (Å²) >= 11 is 0. The largest absolute Gasteiger partial charge is 0.519 e. The molecule has 0 bridgehead atoms. The van der Waals surface area contributed by atoms with E-state index < -0.39 is 16.6 Å². The van der Waals surface area contributed by atoms with Gasteiger partial charge in [-0.1, -0.05) is 273 Å². The predicted molar refractivity (Wildman–Crippen MR) is 271 cm³/mol. The van der Waals surface area contributed by atoms with E-state index in [1.165, 1.54) is 167 Å². The summed E-state index contributed by atoms with van der Waals surface area (Å²) in [6.07, 6.45) is 50.3. The van der Waals surface area contributed by atoms with Crippen LogP contribution in [0.25, 0.3) is 0 Å². The molecule has 0 aliphatic rings. The third kappa shape index (κ3) is 36.8. The van der Waals surface area contributed by atoms with Crippen molar-refractivity contribution in [1.82, 2.24) is 0 Å². The van der Waals surface area contributed by atoms with Crippen molar-refractivity contribution < 1.29 is 18.4 Å². The van der Waals surface area contributed by atoms with Crippen molar-refractivity contribution in [2.45, 2.75) is 335 Å². The average Bonchev–Trinajstić information content (AvgIpc) is 3.25. The lowest BCUT2D eigenvalue weighted by atomic mass is 10.0. The fourth-order valence-electron chi connectivity index (χ4n) is 9.37. The molecular weight excluding hydrogens is 769 g/mol. The molecule has 0 saturated carbocycles. The molecule has 0 saturated heterocycles. The van der Waals surface area contributed by atoms with Crippen molar-refractivity contribution in [2.75, 3.05) is 0 Å². The Bertz CT molecular complexity index is 822. The Morgan fingerprint density at radius 3 is 0.633 bits per heavy atom. The van der Waals surface area contributed by atoms with Gasteiger partial charge in [-0.25, -0.2) is 0 Å². The zero-order valence-electron chi connectivity index (χ0n) is 42.2. The maximum atomic E-state index is 13.6. The summed E-state index contributed by atoms with van der Waals surface area (Å²) in [7, 11) is -4.64. The van der Waals surface area contributed by atoms with Gasteiger partial charge >= 0.3 is 0 Å². The van der Waals surface area contributed by atoms with E-state index in [0.29, 0.717) is 12.8 Å². The lowest BCUT2D eigenvalue weighted by molar-refractivity contribution is -0.136. The smallest absolute Gasteiger partial charge is 0.292 e. The molecule has 0 atom stereocenters. The zero-order chi connectivity index (χ0) is 44.1. The van der Waals surface area contributed by atoms with Gasteiger partial charge in [0.25, 0.3) is 28.6 Å². The highest BCUT2D eigenvalue weighted by Crippen LogP contribution is 2.37. The van der Waals surface area contributed by atoms with E-state index in [0.717, 1.165) is 113 Å². The molecule has 0 spiro atoms. The number of rotatable bonds is 49. The van der Waals surface area contributed by atoms with Gasteiger partial charge < -0.3 is 8.85 Å². The van der Waals surface area contributed by atoms with Crippen molar-refractivity contribution in [3.63, 3.8) is 0 Å². The topological polar surface area (TPSA) is 52.6 Å². The minimum atomic E-state index is -2.32. The monoisotopic (exact) mass is 879 g/mol. The number of carbonyl (C=O) groups is 2. The molecule has 0 heterocycles. The summed E-state index contributed by atoms with van der Waals surface area (Å²) in [6.45, 7) is 13.7. The third-order valence-corrected chi connectivity index (χ3v) is 22.8. The second-order valence-corrected chi connectivity index (χ2v) is 27.8. The summed E-state index contributed by atoms with van der Waals surface area (Å²) in [6, 6.07) is 6.31. The average molecular weight is 880 g/mol. The van der Waals surface area contributed by atoms with Gasteiger partial charge in [0.05, 0.1) is 0 Å². The van der Waals surface area contributed by atoms with Crippen LogP contribution in [0.2, 0.25) is 36.3 Å². The third-order valence-electron chi connectivity index (χ3n) is 13.6. The Hall–Kier alpha value is -0.626. The van der Waals surface area contributed by atoms with E-state index in [1.54, 1.807) is 0 Å². The van der Waals surface area contributed by atoms with E-state index in [-0.39, 0.29) is 11.9 Å². The van der Waals surface area contributed by atoms with Crippen molar-refractivity contribution in [3.05, 3.63) is 0 Å². The maximum absolute atomic E-state index is 13.6. The molecule has 0 aromatic heterocycles. The Balaban J connectivity index is 4.98. The number of hydrogen-bond donors (Lipinski definition) is 0. The number of unbranched alkanes of at least 4 members (excludes halogenated alkanes) is 32. The molecule has 0 fully saturated rings.